The molecule has 0 bridgehead atoms. The lowest BCUT2D eigenvalue weighted by atomic mass is 10.2. The molecule has 2 aromatic carbocycles. The standard InChI is InChI=1S/C21H22BrN5O2S/c1-13-4-6-15(7-5-13)23-19(28)11-18-25-26-21(27(18)3)30-12-20(29)24-16-8-9-17(22)14(2)10-16/h4-10H,11-12H2,1-3H3,(H,23,28)(H,24,29). The van der Waals surface area contributed by atoms with Crippen LogP contribution in [-0.2, 0) is 23.1 Å². The third kappa shape index (κ3) is 5.93. The summed E-state index contributed by atoms with van der Waals surface area (Å²) in [5, 5.41) is 14.5. The Labute approximate surface area is 187 Å². The van der Waals surface area contributed by atoms with Crippen LogP contribution in [0, 0.1) is 13.8 Å². The molecular weight excluding hydrogens is 466 g/mol. The average Bonchev–Trinajstić information content (AvgIpc) is 3.04. The van der Waals surface area contributed by atoms with Gasteiger partial charge in [-0.15, -0.1) is 10.2 Å². The fourth-order valence-corrected chi connectivity index (χ4v) is 3.64. The number of carbonyl (C=O) groups is 2. The number of aryl methyl sites for hydroxylation is 2. The van der Waals surface area contributed by atoms with Gasteiger partial charge in [-0.2, -0.15) is 0 Å². The van der Waals surface area contributed by atoms with Gasteiger partial charge in [-0.3, -0.25) is 9.59 Å². The quantitative estimate of drug-likeness (QED) is 0.489. The number of rotatable bonds is 7. The minimum atomic E-state index is -0.172. The molecule has 0 saturated heterocycles. The van der Waals surface area contributed by atoms with E-state index in [4.69, 9.17) is 0 Å². The van der Waals surface area contributed by atoms with Crippen molar-refractivity contribution in [2.24, 2.45) is 7.05 Å². The second-order valence-electron chi connectivity index (χ2n) is 6.85. The first-order valence-electron chi connectivity index (χ1n) is 9.25. The maximum absolute atomic E-state index is 12.3. The SMILES string of the molecule is Cc1ccc(NC(=O)Cc2nnc(SCC(=O)Nc3ccc(Br)c(C)c3)n2C)cc1. The zero-order valence-corrected chi connectivity index (χ0v) is 19.3. The number of amides is 2. The van der Waals surface area contributed by atoms with Crippen LogP contribution < -0.4 is 10.6 Å². The van der Waals surface area contributed by atoms with Crippen molar-refractivity contribution >= 4 is 50.9 Å². The van der Waals surface area contributed by atoms with Crippen LogP contribution in [0.25, 0.3) is 0 Å². The molecule has 0 spiro atoms. The molecule has 3 aromatic rings. The van der Waals surface area contributed by atoms with Gasteiger partial charge in [0.1, 0.15) is 5.82 Å². The summed E-state index contributed by atoms with van der Waals surface area (Å²) in [7, 11) is 1.78. The van der Waals surface area contributed by atoms with Gasteiger partial charge in [-0.1, -0.05) is 45.4 Å². The Bertz CT molecular complexity index is 1070. The van der Waals surface area contributed by atoms with Crippen molar-refractivity contribution in [1.29, 1.82) is 0 Å². The summed E-state index contributed by atoms with van der Waals surface area (Å²) in [5.41, 5.74) is 3.65. The Morgan fingerprint density at radius 1 is 1.00 bits per heavy atom. The largest absolute Gasteiger partial charge is 0.326 e. The van der Waals surface area contributed by atoms with Gasteiger partial charge < -0.3 is 15.2 Å². The first-order chi connectivity index (χ1) is 14.3. The Balaban J connectivity index is 1.53. The molecule has 9 heteroatoms. The zero-order chi connectivity index (χ0) is 21.7. The van der Waals surface area contributed by atoms with E-state index >= 15 is 0 Å². The number of hydrogen-bond donors (Lipinski definition) is 2. The van der Waals surface area contributed by atoms with Gasteiger partial charge in [0.2, 0.25) is 11.8 Å². The van der Waals surface area contributed by atoms with Crippen LogP contribution in [-0.4, -0.2) is 32.3 Å². The number of halogens is 1. The smallest absolute Gasteiger partial charge is 0.234 e. The molecule has 3 rings (SSSR count). The lowest BCUT2D eigenvalue weighted by molar-refractivity contribution is -0.116. The molecular formula is C21H22BrN5O2S. The Morgan fingerprint density at radius 2 is 1.67 bits per heavy atom. The lowest BCUT2D eigenvalue weighted by Gasteiger charge is -2.07. The molecule has 7 nitrogen and oxygen atoms in total. The summed E-state index contributed by atoms with van der Waals surface area (Å²) in [6.45, 7) is 3.95. The van der Waals surface area contributed by atoms with Crippen LogP contribution in [0.15, 0.2) is 52.1 Å². The predicted molar refractivity (Wildman–Crippen MR) is 123 cm³/mol. The van der Waals surface area contributed by atoms with E-state index in [1.54, 1.807) is 11.6 Å². The van der Waals surface area contributed by atoms with Crippen molar-refractivity contribution in [3.63, 3.8) is 0 Å². The molecule has 2 N–H and O–H groups in total. The molecule has 0 fully saturated rings. The fraction of sp³-hybridized carbons (Fsp3) is 0.238. The summed E-state index contributed by atoms with van der Waals surface area (Å²) in [6.07, 6.45) is 0.0995. The van der Waals surface area contributed by atoms with E-state index in [-0.39, 0.29) is 24.0 Å². The van der Waals surface area contributed by atoms with Crippen molar-refractivity contribution in [3.05, 3.63) is 63.9 Å². The zero-order valence-electron chi connectivity index (χ0n) is 16.9. The highest BCUT2D eigenvalue weighted by atomic mass is 79.9. The summed E-state index contributed by atoms with van der Waals surface area (Å²) >= 11 is 4.71. The third-order valence-electron chi connectivity index (χ3n) is 4.35. The molecule has 2 amide bonds. The van der Waals surface area contributed by atoms with Gasteiger partial charge in [0.15, 0.2) is 5.16 Å². The summed E-state index contributed by atoms with van der Waals surface area (Å²) in [6, 6.07) is 13.2. The number of aromatic nitrogens is 3. The molecule has 30 heavy (non-hydrogen) atoms. The van der Waals surface area contributed by atoms with E-state index in [9.17, 15) is 9.59 Å². The number of hydrogen-bond acceptors (Lipinski definition) is 5. The Hall–Kier alpha value is -2.65. The molecule has 0 aliphatic heterocycles. The van der Waals surface area contributed by atoms with Crippen molar-refractivity contribution in [1.82, 2.24) is 14.8 Å². The fourth-order valence-electron chi connectivity index (χ4n) is 2.66. The number of nitrogens with zero attached hydrogens (tertiary/aromatic N) is 3. The van der Waals surface area contributed by atoms with E-state index < -0.39 is 0 Å². The highest BCUT2D eigenvalue weighted by molar-refractivity contribution is 9.10. The molecule has 0 unspecified atom stereocenters. The first-order valence-corrected chi connectivity index (χ1v) is 11.0. The van der Waals surface area contributed by atoms with Gasteiger partial charge >= 0.3 is 0 Å². The number of carbonyl (C=O) groups excluding carboxylic acids is 2. The second-order valence-corrected chi connectivity index (χ2v) is 8.65. The van der Waals surface area contributed by atoms with Gasteiger partial charge in [0, 0.05) is 22.9 Å². The van der Waals surface area contributed by atoms with Crippen molar-refractivity contribution in [2.75, 3.05) is 16.4 Å². The Morgan fingerprint density at radius 3 is 2.37 bits per heavy atom. The lowest BCUT2D eigenvalue weighted by Crippen LogP contribution is -2.17. The van der Waals surface area contributed by atoms with Crippen LogP contribution in [0.5, 0.6) is 0 Å². The topological polar surface area (TPSA) is 88.9 Å². The van der Waals surface area contributed by atoms with Crippen LogP contribution >= 0.6 is 27.7 Å². The van der Waals surface area contributed by atoms with E-state index in [0.717, 1.165) is 27.0 Å². The van der Waals surface area contributed by atoms with Gasteiger partial charge in [-0.25, -0.2) is 0 Å². The van der Waals surface area contributed by atoms with Crippen LogP contribution in [0.2, 0.25) is 0 Å². The highest BCUT2D eigenvalue weighted by Gasteiger charge is 2.15. The molecule has 0 saturated carbocycles. The van der Waals surface area contributed by atoms with Crippen LogP contribution in [0.1, 0.15) is 17.0 Å². The second kappa shape index (κ2) is 9.90. The molecule has 1 aromatic heterocycles. The molecule has 0 radical (unpaired) electrons. The number of thioether (sulfide) groups is 1. The van der Waals surface area contributed by atoms with Crippen LogP contribution in [0.4, 0.5) is 11.4 Å². The predicted octanol–water partition coefficient (Wildman–Crippen LogP) is 4.11. The third-order valence-corrected chi connectivity index (χ3v) is 6.26. The monoisotopic (exact) mass is 487 g/mol. The average molecular weight is 488 g/mol. The normalized spacial score (nSPS) is 10.7. The molecule has 156 valence electrons. The maximum atomic E-state index is 12.3. The molecule has 0 aliphatic carbocycles. The van der Waals surface area contributed by atoms with Crippen molar-refractivity contribution < 1.29 is 9.59 Å². The molecule has 0 atom stereocenters. The van der Waals surface area contributed by atoms with E-state index in [1.807, 2.05) is 56.3 Å². The first kappa shape index (κ1) is 22.0. The minimum Gasteiger partial charge on any atom is -0.326 e. The van der Waals surface area contributed by atoms with E-state index in [1.165, 1.54) is 11.8 Å². The number of nitrogens with one attached hydrogen (secondary N) is 2. The van der Waals surface area contributed by atoms with Gasteiger partial charge in [-0.05, 0) is 49.7 Å². The Kier molecular flexibility index (Phi) is 7.28. The molecule has 0 aliphatic rings. The highest BCUT2D eigenvalue weighted by Crippen LogP contribution is 2.21. The van der Waals surface area contributed by atoms with Crippen molar-refractivity contribution in [2.45, 2.75) is 25.4 Å². The minimum absolute atomic E-state index is 0.0995. The number of benzene rings is 2. The van der Waals surface area contributed by atoms with Gasteiger partial charge in [0.25, 0.3) is 0 Å². The van der Waals surface area contributed by atoms with E-state index in [2.05, 4.69) is 36.8 Å². The van der Waals surface area contributed by atoms with Crippen LogP contribution in [0.3, 0.4) is 0 Å². The van der Waals surface area contributed by atoms with Gasteiger partial charge in [0.05, 0.1) is 12.2 Å². The van der Waals surface area contributed by atoms with Crippen molar-refractivity contribution in [3.8, 4) is 0 Å². The maximum Gasteiger partial charge on any atom is 0.234 e. The summed E-state index contributed by atoms with van der Waals surface area (Å²) in [5.74, 6) is 0.417. The summed E-state index contributed by atoms with van der Waals surface area (Å²) in [4.78, 5) is 24.5. The van der Waals surface area contributed by atoms with E-state index in [0.29, 0.717) is 11.0 Å². The summed E-state index contributed by atoms with van der Waals surface area (Å²) < 4.78 is 2.73. The number of anilines is 2. The molecule has 1 heterocycles.